The molecule has 4 nitrogen and oxygen atoms in total. The maximum absolute atomic E-state index is 11.3. The van der Waals surface area contributed by atoms with Crippen LogP contribution in [0.15, 0.2) is 18.2 Å². The number of carbonyl (C=O) groups excluding carboxylic acids is 2. The summed E-state index contributed by atoms with van der Waals surface area (Å²) < 4.78 is 9.68. The van der Waals surface area contributed by atoms with Crippen molar-refractivity contribution in [2.45, 2.75) is 19.8 Å². The van der Waals surface area contributed by atoms with Crippen LogP contribution in [0.5, 0.6) is 5.75 Å². The molecule has 1 aromatic carbocycles. The van der Waals surface area contributed by atoms with Crippen LogP contribution in [0.4, 0.5) is 0 Å². The van der Waals surface area contributed by atoms with E-state index in [-0.39, 0.29) is 12.3 Å². The van der Waals surface area contributed by atoms with Crippen LogP contribution in [0.1, 0.15) is 17.5 Å². The van der Waals surface area contributed by atoms with E-state index in [1.807, 2.05) is 25.1 Å². The van der Waals surface area contributed by atoms with Crippen LogP contribution >= 0.6 is 0 Å². The Balaban J connectivity index is 2.11. The van der Waals surface area contributed by atoms with Crippen molar-refractivity contribution in [3.8, 4) is 5.75 Å². The molecule has 0 N–H and O–H groups in total. The van der Waals surface area contributed by atoms with E-state index in [9.17, 15) is 9.59 Å². The van der Waals surface area contributed by atoms with Crippen molar-refractivity contribution in [1.82, 2.24) is 0 Å². The molecule has 1 fully saturated rings. The second-order valence-corrected chi connectivity index (χ2v) is 4.20. The smallest absolute Gasteiger partial charge is 0.317 e. The molecule has 17 heavy (non-hydrogen) atoms. The Labute approximate surface area is 99.5 Å². The fraction of sp³-hybridized carbons (Fsp3) is 0.385. The number of hydrogen-bond donors (Lipinski definition) is 0. The quantitative estimate of drug-likeness (QED) is 0.589. The van der Waals surface area contributed by atoms with Crippen LogP contribution in [0.2, 0.25) is 0 Å². The van der Waals surface area contributed by atoms with Gasteiger partial charge in [-0.2, -0.15) is 0 Å². The molecule has 1 aliphatic rings. The van der Waals surface area contributed by atoms with Gasteiger partial charge in [0.15, 0.2) is 0 Å². The first-order chi connectivity index (χ1) is 8.10. The third-order valence-corrected chi connectivity index (χ3v) is 2.90. The molecule has 2 rings (SSSR count). The third-order valence-electron chi connectivity index (χ3n) is 2.90. The maximum atomic E-state index is 11.3. The second kappa shape index (κ2) is 4.57. The van der Waals surface area contributed by atoms with Crippen LogP contribution in [0.3, 0.4) is 0 Å². The van der Waals surface area contributed by atoms with Crippen LogP contribution in [0, 0.1) is 12.8 Å². The summed E-state index contributed by atoms with van der Waals surface area (Å²) in [6.07, 6.45) is 0.722. The summed E-state index contributed by atoms with van der Waals surface area (Å²) in [6.45, 7) is 1.94. The molecule has 90 valence electrons. The summed E-state index contributed by atoms with van der Waals surface area (Å²) >= 11 is 0. The van der Waals surface area contributed by atoms with Gasteiger partial charge in [0.1, 0.15) is 5.75 Å². The van der Waals surface area contributed by atoms with Crippen LogP contribution in [0.25, 0.3) is 0 Å². The van der Waals surface area contributed by atoms with E-state index in [1.54, 1.807) is 7.11 Å². The average Bonchev–Trinajstić information content (AvgIpc) is 2.58. The Bertz CT molecular complexity index is 464. The second-order valence-electron chi connectivity index (χ2n) is 4.20. The Hall–Kier alpha value is -1.84. The number of aryl methyl sites for hydroxylation is 1. The van der Waals surface area contributed by atoms with Crippen molar-refractivity contribution in [1.29, 1.82) is 0 Å². The van der Waals surface area contributed by atoms with Gasteiger partial charge in [-0.3, -0.25) is 9.59 Å². The minimum absolute atomic E-state index is 0.184. The largest absolute Gasteiger partial charge is 0.496 e. The lowest BCUT2D eigenvalue weighted by Crippen LogP contribution is -2.10. The Morgan fingerprint density at radius 3 is 2.71 bits per heavy atom. The standard InChI is InChI=1S/C13H14O4/c1-8-5-9(3-4-11(8)16-2)6-10-7-12(14)17-13(10)15/h3-5,10H,6-7H2,1-2H3. The Kier molecular flexibility index (Phi) is 3.13. The first-order valence-electron chi connectivity index (χ1n) is 5.48. The minimum Gasteiger partial charge on any atom is -0.496 e. The Morgan fingerprint density at radius 2 is 2.18 bits per heavy atom. The molecule has 1 atom stereocenters. The fourth-order valence-electron chi connectivity index (χ4n) is 2.03. The van der Waals surface area contributed by atoms with E-state index in [1.165, 1.54) is 0 Å². The number of benzene rings is 1. The monoisotopic (exact) mass is 234 g/mol. The summed E-state index contributed by atoms with van der Waals surface area (Å²) in [5.74, 6) is -0.358. The van der Waals surface area contributed by atoms with E-state index < -0.39 is 11.9 Å². The van der Waals surface area contributed by atoms with Crippen LogP contribution in [-0.4, -0.2) is 19.0 Å². The first-order valence-corrected chi connectivity index (χ1v) is 5.48. The molecule has 1 aliphatic heterocycles. The van der Waals surface area contributed by atoms with Crippen molar-refractivity contribution in [2.24, 2.45) is 5.92 Å². The van der Waals surface area contributed by atoms with Crippen molar-refractivity contribution in [3.05, 3.63) is 29.3 Å². The summed E-state index contributed by atoms with van der Waals surface area (Å²) in [7, 11) is 1.62. The van der Waals surface area contributed by atoms with E-state index in [0.717, 1.165) is 16.9 Å². The fourth-order valence-corrected chi connectivity index (χ4v) is 2.03. The highest BCUT2D eigenvalue weighted by atomic mass is 16.6. The molecule has 4 heteroatoms. The molecule has 1 heterocycles. The maximum Gasteiger partial charge on any atom is 0.317 e. The number of hydrogen-bond acceptors (Lipinski definition) is 4. The zero-order valence-corrected chi connectivity index (χ0v) is 9.86. The number of esters is 2. The van der Waals surface area contributed by atoms with E-state index in [4.69, 9.17) is 4.74 Å². The van der Waals surface area contributed by atoms with Gasteiger partial charge in [-0.05, 0) is 30.5 Å². The summed E-state index contributed by atoms with van der Waals surface area (Å²) in [4.78, 5) is 22.3. The van der Waals surface area contributed by atoms with Gasteiger partial charge in [0, 0.05) is 0 Å². The highest BCUT2D eigenvalue weighted by Crippen LogP contribution is 2.24. The summed E-state index contributed by atoms with van der Waals surface area (Å²) in [5, 5.41) is 0. The molecule has 1 unspecified atom stereocenters. The van der Waals surface area contributed by atoms with Crippen molar-refractivity contribution >= 4 is 11.9 Å². The molecule has 0 radical (unpaired) electrons. The lowest BCUT2D eigenvalue weighted by atomic mass is 9.97. The van der Waals surface area contributed by atoms with Gasteiger partial charge in [0.25, 0.3) is 0 Å². The zero-order valence-electron chi connectivity index (χ0n) is 9.86. The van der Waals surface area contributed by atoms with Gasteiger partial charge in [0.2, 0.25) is 0 Å². The number of rotatable bonds is 3. The molecule has 1 saturated heterocycles. The first kappa shape index (κ1) is 11.6. The molecule has 0 amide bonds. The number of cyclic esters (lactones) is 2. The minimum atomic E-state index is -0.426. The van der Waals surface area contributed by atoms with Gasteiger partial charge < -0.3 is 9.47 Å². The zero-order chi connectivity index (χ0) is 12.4. The summed E-state index contributed by atoms with van der Waals surface area (Å²) in [5.41, 5.74) is 2.03. The van der Waals surface area contributed by atoms with Gasteiger partial charge in [-0.15, -0.1) is 0 Å². The SMILES string of the molecule is COc1ccc(CC2CC(=O)OC2=O)cc1C. The topological polar surface area (TPSA) is 52.6 Å². The van der Waals surface area contributed by atoms with Gasteiger partial charge in [0.05, 0.1) is 19.4 Å². The lowest BCUT2D eigenvalue weighted by Gasteiger charge is -2.08. The molecule has 0 aromatic heterocycles. The third kappa shape index (κ3) is 2.46. The van der Waals surface area contributed by atoms with Crippen LogP contribution < -0.4 is 4.74 Å². The van der Waals surface area contributed by atoms with Gasteiger partial charge in [-0.1, -0.05) is 12.1 Å². The highest BCUT2D eigenvalue weighted by Gasteiger charge is 2.33. The van der Waals surface area contributed by atoms with Crippen molar-refractivity contribution in [3.63, 3.8) is 0 Å². The van der Waals surface area contributed by atoms with Crippen molar-refractivity contribution < 1.29 is 19.1 Å². The molecule has 1 aromatic rings. The predicted octanol–water partition coefficient (Wildman–Crippen LogP) is 1.64. The predicted molar refractivity (Wildman–Crippen MR) is 60.6 cm³/mol. The lowest BCUT2D eigenvalue weighted by molar-refractivity contribution is -0.153. The van der Waals surface area contributed by atoms with E-state index in [2.05, 4.69) is 4.74 Å². The number of methoxy groups -OCH3 is 1. The van der Waals surface area contributed by atoms with Gasteiger partial charge >= 0.3 is 11.9 Å². The number of carbonyl (C=O) groups is 2. The van der Waals surface area contributed by atoms with Crippen LogP contribution in [-0.2, 0) is 20.7 Å². The molecular formula is C13H14O4. The molecule has 0 bridgehead atoms. The van der Waals surface area contributed by atoms with E-state index >= 15 is 0 Å². The normalized spacial score (nSPS) is 19.3. The average molecular weight is 234 g/mol. The highest BCUT2D eigenvalue weighted by molar-refractivity contribution is 5.94. The van der Waals surface area contributed by atoms with Gasteiger partial charge in [-0.25, -0.2) is 0 Å². The van der Waals surface area contributed by atoms with E-state index in [0.29, 0.717) is 6.42 Å². The molecule has 0 saturated carbocycles. The molecule has 0 aliphatic carbocycles. The summed E-state index contributed by atoms with van der Waals surface area (Å²) in [6, 6.07) is 5.74. The molecule has 0 spiro atoms. The van der Waals surface area contributed by atoms with Crippen molar-refractivity contribution in [2.75, 3.05) is 7.11 Å². The Morgan fingerprint density at radius 1 is 1.41 bits per heavy atom. The number of ether oxygens (including phenoxy) is 2. The molecular weight excluding hydrogens is 220 g/mol.